The summed E-state index contributed by atoms with van der Waals surface area (Å²) in [4.78, 5) is 38.4. The molecule has 0 unspecified atom stereocenters. The Bertz CT molecular complexity index is 946. The van der Waals surface area contributed by atoms with Gasteiger partial charge >= 0.3 is 6.09 Å². The highest BCUT2D eigenvalue weighted by Gasteiger charge is 2.36. The van der Waals surface area contributed by atoms with Gasteiger partial charge in [-0.15, -0.1) is 0 Å². The van der Waals surface area contributed by atoms with Gasteiger partial charge in [-0.05, 0) is 51.5 Å². The van der Waals surface area contributed by atoms with Gasteiger partial charge in [-0.25, -0.2) is 9.18 Å². The molecule has 0 aromatic heterocycles. The second kappa shape index (κ2) is 7.66. The van der Waals surface area contributed by atoms with E-state index in [-0.39, 0.29) is 12.1 Å². The molecule has 152 valence electrons. The zero-order chi connectivity index (χ0) is 21.3. The monoisotopic (exact) mass is 398 g/mol. The summed E-state index contributed by atoms with van der Waals surface area (Å²) in [6.45, 7) is 6.69. The van der Waals surface area contributed by atoms with Gasteiger partial charge in [0.1, 0.15) is 11.4 Å². The molecule has 1 heterocycles. The second-order valence-corrected chi connectivity index (χ2v) is 7.92. The number of alkyl carbamates (subject to hydrolysis) is 1. The third-order valence-electron chi connectivity index (χ3n) is 4.55. The first-order valence-corrected chi connectivity index (χ1v) is 9.30. The first-order chi connectivity index (χ1) is 13.6. The first kappa shape index (κ1) is 20.5. The molecule has 0 saturated carbocycles. The van der Waals surface area contributed by atoms with Crippen molar-refractivity contribution in [2.75, 3.05) is 0 Å². The van der Waals surface area contributed by atoms with Gasteiger partial charge in [-0.2, -0.15) is 0 Å². The van der Waals surface area contributed by atoms with Crippen LogP contribution in [-0.2, 0) is 11.3 Å². The highest BCUT2D eigenvalue weighted by molar-refractivity contribution is 6.21. The van der Waals surface area contributed by atoms with Crippen molar-refractivity contribution < 1.29 is 23.5 Å². The number of fused-ring (bicyclic) bond motifs is 1. The molecule has 0 aliphatic carbocycles. The van der Waals surface area contributed by atoms with Gasteiger partial charge < -0.3 is 10.1 Å². The van der Waals surface area contributed by atoms with Gasteiger partial charge in [0, 0.05) is 5.56 Å². The molecular weight excluding hydrogens is 375 g/mol. The zero-order valence-corrected chi connectivity index (χ0v) is 16.8. The van der Waals surface area contributed by atoms with Crippen LogP contribution in [0.3, 0.4) is 0 Å². The molecule has 0 bridgehead atoms. The molecule has 0 saturated heterocycles. The quantitative estimate of drug-likeness (QED) is 0.783. The van der Waals surface area contributed by atoms with E-state index in [0.29, 0.717) is 16.7 Å². The Balaban J connectivity index is 1.85. The summed E-state index contributed by atoms with van der Waals surface area (Å²) in [5.74, 6) is -1.49. The third-order valence-corrected chi connectivity index (χ3v) is 4.55. The van der Waals surface area contributed by atoms with E-state index in [9.17, 15) is 18.8 Å². The van der Waals surface area contributed by atoms with Crippen molar-refractivity contribution in [3.63, 3.8) is 0 Å². The summed E-state index contributed by atoms with van der Waals surface area (Å²) in [7, 11) is 0. The SMILES string of the molecule is C[C@@H](NC(=O)OC(C)(C)C)c1cccc(F)c1CN1C(=O)c2ccccc2C1=O. The number of rotatable bonds is 4. The molecule has 29 heavy (non-hydrogen) atoms. The number of nitrogens with zero attached hydrogens (tertiary/aromatic N) is 1. The number of carbonyl (C=O) groups is 3. The van der Waals surface area contributed by atoms with Crippen molar-refractivity contribution in [2.24, 2.45) is 0 Å². The van der Waals surface area contributed by atoms with E-state index in [1.807, 2.05) is 0 Å². The Hall–Kier alpha value is -3.22. The number of amides is 3. The van der Waals surface area contributed by atoms with Crippen LogP contribution in [0, 0.1) is 5.82 Å². The third kappa shape index (κ3) is 4.29. The molecule has 7 heteroatoms. The molecule has 2 aromatic rings. The molecule has 1 aliphatic heterocycles. The van der Waals surface area contributed by atoms with E-state index >= 15 is 0 Å². The lowest BCUT2D eigenvalue weighted by molar-refractivity contribution is 0.0504. The predicted octanol–water partition coefficient (Wildman–Crippen LogP) is 4.21. The van der Waals surface area contributed by atoms with Crippen LogP contribution in [0.1, 0.15) is 65.6 Å². The smallest absolute Gasteiger partial charge is 0.408 e. The van der Waals surface area contributed by atoms with Gasteiger partial charge in [0.2, 0.25) is 0 Å². The molecule has 6 nitrogen and oxygen atoms in total. The van der Waals surface area contributed by atoms with Crippen molar-refractivity contribution in [3.05, 3.63) is 70.5 Å². The Labute approximate surface area is 168 Å². The predicted molar refractivity (Wildman–Crippen MR) is 105 cm³/mol. The van der Waals surface area contributed by atoms with Gasteiger partial charge in [0.25, 0.3) is 11.8 Å². The molecule has 0 spiro atoms. The van der Waals surface area contributed by atoms with E-state index in [0.717, 1.165) is 4.90 Å². The molecule has 0 fully saturated rings. The molecule has 3 rings (SSSR count). The number of carbonyl (C=O) groups excluding carboxylic acids is 3. The fourth-order valence-electron chi connectivity index (χ4n) is 3.25. The zero-order valence-electron chi connectivity index (χ0n) is 16.8. The summed E-state index contributed by atoms with van der Waals surface area (Å²) in [5.41, 5.74) is 0.568. The summed E-state index contributed by atoms with van der Waals surface area (Å²) < 4.78 is 19.9. The Morgan fingerprint density at radius 1 is 1.07 bits per heavy atom. The number of hydrogen-bond acceptors (Lipinski definition) is 4. The summed E-state index contributed by atoms with van der Waals surface area (Å²) in [5, 5.41) is 2.67. The minimum Gasteiger partial charge on any atom is -0.444 e. The van der Waals surface area contributed by atoms with Crippen molar-refractivity contribution in [3.8, 4) is 0 Å². The minimum absolute atomic E-state index is 0.172. The van der Waals surface area contributed by atoms with Crippen LogP contribution in [0.15, 0.2) is 42.5 Å². The number of halogens is 1. The maximum Gasteiger partial charge on any atom is 0.408 e. The van der Waals surface area contributed by atoms with Gasteiger partial charge in [-0.1, -0.05) is 24.3 Å². The summed E-state index contributed by atoms with van der Waals surface area (Å²) >= 11 is 0. The highest BCUT2D eigenvalue weighted by Crippen LogP contribution is 2.28. The lowest BCUT2D eigenvalue weighted by atomic mass is 10.0. The first-order valence-electron chi connectivity index (χ1n) is 9.30. The van der Waals surface area contributed by atoms with Crippen LogP contribution in [0.5, 0.6) is 0 Å². The Morgan fingerprint density at radius 3 is 2.21 bits per heavy atom. The number of nitrogens with one attached hydrogen (secondary N) is 1. The standard InChI is InChI=1S/C22H23FN2O4/c1-13(24-21(28)29-22(2,3)4)14-10-7-11-18(23)17(14)12-25-19(26)15-8-5-6-9-16(15)20(25)27/h5-11,13H,12H2,1-4H3,(H,24,28)/t13-/m1/s1. The summed E-state index contributed by atoms with van der Waals surface area (Å²) in [6.07, 6.45) is -0.638. The number of hydrogen-bond donors (Lipinski definition) is 1. The van der Waals surface area contributed by atoms with Crippen molar-refractivity contribution in [1.82, 2.24) is 10.2 Å². The van der Waals surface area contributed by atoms with Crippen LogP contribution in [-0.4, -0.2) is 28.4 Å². The van der Waals surface area contributed by atoms with Crippen molar-refractivity contribution in [2.45, 2.75) is 45.9 Å². The van der Waals surface area contributed by atoms with E-state index in [4.69, 9.17) is 4.74 Å². The lowest BCUT2D eigenvalue weighted by Gasteiger charge is -2.24. The molecule has 0 radical (unpaired) electrons. The normalized spacial score (nSPS) is 14.6. The largest absolute Gasteiger partial charge is 0.444 e. The van der Waals surface area contributed by atoms with Crippen molar-refractivity contribution >= 4 is 17.9 Å². The molecule has 1 atom stereocenters. The number of benzene rings is 2. The fourth-order valence-corrected chi connectivity index (χ4v) is 3.25. The van der Waals surface area contributed by atoms with E-state index in [1.165, 1.54) is 12.1 Å². The maximum absolute atomic E-state index is 14.7. The highest BCUT2D eigenvalue weighted by atomic mass is 19.1. The number of ether oxygens (including phenoxy) is 1. The van der Waals surface area contributed by atoms with Crippen LogP contribution in [0.4, 0.5) is 9.18 Å². The molecule has 3 amide bonds. The summed E-state index contributed by atoms with van der Waals surface area (Å²) in [6, 6.07) is 10.3. The number of imide groups is 1. The average Bonchev–Trinajstić information content (AvgIpc) is 2.86. The van der Waals surface area contributed by atoms with Crippen LogP contribution < -0.4 is 5.32 Å². The molecular formula is C22H23FN2O4. The van der Waals surface area contributed by atoms with Crippen LogP contribution >= 0.6 is 0 Å². The van der Waals surface area contributed by atoms with E-state index < -0.39 is 35.4 Å². The van der Waals surface area contributed by atoms with Gasteiger partial charge in [0.15, 0.2) is 0 Å². The van der Waals surface area contributed by atoms with Crippen molar-refractivity contribution in [1.29, 1.82) is 0 Å². The molecule has 2 aromatic carbocycles. The minimum atomic E-state index is -0.672. The second-order valence-electron chi connectivity index (χ2n) is 7.92. The molecule has 1 aliphatic rings. The topological polar surface area (TPSA) is 75.7 Å². The Morgan fingerprint density at radius 2 is 1.66 bits per heavy atom. The van der Waals surface area contributed by atoms with Crippen LogP contribution in [0.25, 0.3) is 0 Å². The molecule has 1 N–H and O–H groups in total. The van der Waals surface area contributed by atoms with Gasteiger partial charge in [-0.3, -0.25) is 14.5 Å². The maximum atomic E-state index is 14.7. The lowest BCUT2D eigenvalue weighted by Crippen LogP contribution is -2.35. The average molecular weight is 398 g/mol. The van der Waals surface area contributed by atoms with E-state index in [1.54, 1.807) is 58.0 Å². The van der Waals surface area contributed by atoms with E-state index in [2.05, 4.69) is 5.32 Å². The van der Waals surface area contributed by atoms with Gasteiger partial charge in [0.05, 0.1) is 23.7 Å². The Kier molecular flexibility index (Phi) is 5.42. The van der Waals surface area contributed by atoms with Crippen LogP contribution in [0.2, 0.25) is 0 Å². The fraction of sp³-hybridized carbons (Fsp3) is 0.318.